The zero-order valence-electron chi connectivity index (χ0n) is 8.41. The van der Waals surface area contributed by atoms with E-state index in [9.17, 15) is 23.3 Å². The van der Waals surface area contributed by atoms with Crippen LogP contribution in [-0.2, 0) is 13.8 Å². The van der Waals surface area contributed by atoms with Crippen LogP contribution in [0, 0.1) is 10.1 Å². The summed E-state index contributed by atoms with van der Waals surface area (Å²) in [7, 11) is 1.66. The Morgan fingerprint density at radius 2 is 2.06 bits per heavy atom. The van der Waals surface area contributed by atoms with Crippen molar-refractivity contribution in [3.8, 4) is 0 Å². The Morgan fingerprint density at radius 1 is 1.47 bits per heavy atom. The summed E-state index contributed by atoms with van der Waals surface area (Å²) in [6, 6.07) is 3.17. The highest BCUT2D eigenvalue weighted by Crippen LogP contribution is 2.30. The molecule has 0 aliphatic carbocycles. The van der Waals surface area contributed by atoms with Crippen molar-refractivity contribution in [1.29, 1.82) is 0 Å². The van der Waals surface area contributed by atoms with Gasteiger partial charge in [-0.3, -0.25) is 10.1 Å². The van der Waals surface area contributed by atoms with E-state index in [2.05, 4.69) is 4.74 Å². The molecule has 7 nitrogen and oxygen atoms in total. The van der Waals surface area contributed by atoms with Gasteiger partial charge in [0.05, 0.1) is 17.6 Å². The molecule has 0 saturated heterocycles. The molecule has 1 aromatic carbocycles. The van der Waals surface area contributed by atoms with Gasteiger partial charge >= 0.3 is 5.97 Å². The number of carbonyl (C=O) groups excluding carboxylic acids is 1. The predicted octanol–water partition coefficient (Wildman–Crippen LogP) is 1.31. The first-order chi connectivity index (χ1) is 7.79. The quantitative estimate of drug-likeness (QED) is 0.357. The van der Waals surface area contributed by atoms with E-state index in [1.165, 1.54) is 0 Å². The van der Waals surface area contributed by atoms with Crippen LogP contribution >= 0.6 is 10.7 Å². The van der Waals surface area contributed by atoms with Gasteiger partial charge in [0.25, 0.3) is 14.7 Å². The van der Waals surface area contributed by atoms with Crippen molar-refractivity contribution in [3.63, 3.8) is 0 Å². The zero-order valence-corrected chi connectivity index (χ0v) is 9.99. The highest BCUT2D eigenvalue weighted by molar-refractivity contribution is 8.14. The summed E-state index contributed by atoms with van der Waals surface area (Å²) in [5.74, 6) is -1.02. The van der Waals surface area contributed by atoms with Crippen molar-refractivity contribution in [2.24, 2.45) is 0 Å². The van der Waals surface area contributed by atoms with Crippen LogP contribution in [0.3, 0.4) is 0 Å². The average Bonchev–Trinajstić information content (AvgIpc) is 2.25. The van der Waals surface area contributed by atoms with Gasteiger partial charge in [-0.15, -0.1) is 0 Å². The number of nitro groups is 1. The highest BCUT2D eigenvalue weighted by Gasteiger charge is 2.30. The molecule has 0 aromatic heterocycles. The first kappa shape index (κ1) is 13.4. The fourth-order valence-corrected chi connectivity index (χ4v) is 2.49. The second-order valence-electron chi connectivity index (χ2n) is 2.84. The lowest BCUT2D eigenvalue weighted by atomic mass is 10.2. The molecule has 0 aliphatic rings. The van der Waals surface area contributed by atoms with Crippen molar-refractivity contribution in [2.45, 2.75) is 4.90 Å². The summed E-state index contributed by atoms with van der Waals surface area (Å²) in [4.78, 5) is 20.1. The van der Waals surface area contributed by atoms with Crippen LogP contribution in [0.1, 0.15) is 10.4 Å². The van der Waals surface area contributed by atoms with Gasteiger partial charge in [0.1, 0.15) is 0 Å². The number of halogens is 1. The molecule has 0 aliphatic heterocycles. The summed E-state index contributed by atoms with van der Waals surface area (Å²) in [5.41, 5.74) is -1.25. The number of nitrogens with zero attached hydrogens (tertiary/aromatic N) is 1. The van der Waals surface area contributed by atoms with Gasteiger partial charge in [-0.2, -0.15) is 0 Å². The molecule has 0 amide bonds. The van der Waals surface area contributed by atoms with Gasteiger partial charge < -0.3 is 4.74 Å². The molecular weight excluding hydrogens is 274 g/mol. The molecule has 17 heavy (non-hydrogen) atoms. The third-order valence-electron chi connectivity index (χ3n) is 1.84. The fourth-order valence-electron chi connectivity index (χ4n) is 1.20. The van der Waals surface area contributed by atoms with Crippen molar-refractivity contribution in [3.05, 3.63) is 33.9 Å². The Balaban J connectivity index is 3.69. The SMILES string of the molecule is COC(=O)c1cccc([N+](=O)[O-])c1S(=O)(=O)Cl. The number of benzene rings is 1. The van der Waals surface area contributed by atoms with Crippen molar-refractivity contribution < 1.29 is 22.9 Å². The van der Waals surface area contributed by atoms with Crippen molar-refractivity contribution in [1.82, 2.24) is 0 Å². The summed E-state index contributed by atoms with van der Waals surface area (Å²) >= 11 is 0. The molecular formula is C8H6ClNO6S. The second kappa shape index (κ2) is 4.68. The Kier molecular flexibility index (Phi) is 3.69. The lowest BCUT2D eigenvalue weighted by molar-refractivity contribution is -0.387. The van der Waals surface area contributed by atoms with Gasteiger partial charge in [-0.1, -0.05) is 6.07 Å². The Morgan fingerprint density at radius 3 is 2.47 bits per heavy atom. The number of hydrogen-bond acceptors (Lipinski definition) is 6. The molecule has 0 spiro atoms. The van der Waals surface area contributed by atoms with E-state index in [1.54, 1.807) is 0 Å². The molecule has 1 aromatic rings. The molecule has 0 heterocycles. The molecule has 9 heteroatoms. The minimum atomic E-state index is -4.43. The smallest absolute Gasteiger partial charge is 0.339 e. The first-order valence-corrected chi connectivity index (χ1v) is 6.40. The summed E-state index contributed by atoms with van der Waals surface area (Å²) < 4.78 is 26.8. The Labute approximate surface area is 101 Å². The van der Waals surface area contributed by atoms with Crippen LogP contribution in [0.2, 0.25) is 0 Å². The van der Waals surface area contributed by atoms with E-state index in [1.807, 2.05) is 0 Å². The number of hydrogen-bond donors (Lipinski definition) is 0. The van der Waals surface area contributed by atoms with Gasteiger partial charge in [0.15, 0.2) is 4.90 Å². The number of esters is 1. The monoisotopic (exact) mass is 279 g/mol. The highest BCUT2D eigenvalue weighted by atomic mass is 35.7. The Hall–Kier alpha value is -1.67. The minimum Gasteiger partial charge on any atom is -0.465 e. The molecule has 0 saturated carbocycles. The molecule has 0 bridgehead atoms. The first-order valence-electron chi connectivity index (χ1n) is 4.09. The third kappa shape index (κ3) is 2.71. The lowest BCUT2D eigenvalue weighted by Gasteiger charge is -2.05. The largest absolute Gasteiger partial charge is 0.465 e. The maximum atomic E-state index is 11.3. The molecule has 1 rings (SSSR count). The molecule has 0 radical (unpaired) electrons. The molecule has 92 valence electrons. The number of ether oxygens (including phenoxy) is 1. The van der Waals surface area contributed by atoms with Crippen LogP contribution in [0.5, 0.6) is 0 Å². The second-order valence-corrected chi connectivity index (χ2v) is 5.34. The van der Waals surface area contributed by atoms with E-state index in [0.717, 1.165) is 25.3 Å². The van der Waals surface area contributed by atoms with E-state index < -0.39 is 36.1 Å². The van der Waals surface area contributed by atoms with Crippen LogP contribution in [0.15, 0.2) is 23.1 Å². The number of methoxy groups -OCH3 is 1. The van der Waals surface area contributed by atoms with Gasteiger partial charge in [-0.25, -0.2) is 13.2 Å². The van der Waals surface area contributed by atoms with Crippen LogP contribution < -0.4 is 0 Å². The topological polar surface area (TPSA) is 104 Å². The van der Waals surface area contributed by atoms with Crippen LogP contribution in [0.25, 0.3) is 0 Å². The van der Waals surface area contributed by atoms with E-state index in [-0.39, 0.29) is 0 Å². The maximum Gasteiger partial charge on any atom is 0.339 e. The number of nitro benzene ring substituents is 1. The summed E-state index contributed by atoms with van der Waals surface area (Å²) in [5, 5.41) is 10.7. The Bertz CT molecular complexity index is 582. The third-order valence-corrected chi connectivity index (χ3v) is 3.22. The van der Waals surface area contributed by atoms with E-state index in [4.69, 9.17) is 10.7 Å². The zero-order chi connectivity index (χ0) is 13.2. The van der Waals surface area contributed by atoms with Crippen LogP contribution in [-0.4, -0.2) is 26.4 Å². The van der Waals surface area contributed by atoms with Gasteiger partial charge in [0.2, 0.25) is 0 Å². The molecule has 0 fully saturated rings. The summed E-state index contributed by atoms with van der Waals surface area (Å²) in [6.07, 6.45) is 0. The molecule has 0 atom stereocenters. The molecule has 0 N–H and O–H groups in total. The van der Waals surface area contributed by atoms with Crippen molar-refractivity contribution >= 4 is 31.4 Å². The molecule has 0 unspecified atom stereocenters. The van der Waals surface area contributed by atoms with E-state index in [0.29, 0.717) is 0 Å². The predicted molar refractivity (Wildman–Crippen MR) is 57.5 cm³/mol. The minimum absolute atomic E-state index is 0.475. The van der Waals surface area contributed by atoms with Gasteiger partial charge in [-0.05, 0) is 6.07 Å². The summed E-state index contributed by atoms with van der Waals surface area (Å²) in [6.45, 7) is 0. The van der Waals surface area contributed by atoms with Crippen molar-refractivity contribution in [2.75, 3.05) is 7.11 Å². The average molecular weight is 280 g/mol. The van der Waals surface area contributed by atoms with Crippen LogP contribution in [0.4, 0.5) is 5.69 Å². The fraction of sp³-hybridized carbons (Fsp3) is 0.125. The maximum absolute atomic E-state index is 11.3. The number of carbonyl (C=O) groups is 1. The lowest BCUT2D eigenvalue weighted by Crippen LogP contribution is -2.10. The number of rotatable bonds is 3. The van der Waals surface area contributed by atoms with Gasteiger partial charge in [0, 0.05) is 16.7 Å². The normalized spacial score (nSPS) is 10.9. The van der Waals surface area contributed by atoms with E-state index >= 15 is 0 Å². The standard InChI is InChI=1S/C8H6ClNO6S/c1-16-8(11)5-3-2-4-6(10(12)13)7(5)17(9,14)15/h2-4H,1H3.